The van der Waals surface area contributed by atoms with Gasteiger partial charge in [-0.2, -0.15) is 5.26 Å². The number of carbonyl (C=O) groups is 3. The fraction of sp³-hybridized carbons (Fsp3) is 0.438. The summed E-state index contributed by atoms with van der Waals surface area (Å²) in [4.78, 5) is 45.8. The minimum Gasteiger partial charge on any atom is -0.453 e. The topological polar surface area (TPSA) is 107 Å². The van der Waals surface area contributed by atoms with Gasteiger partial charge >= 0.3 is 12.1 Å². The lowest BCUT2D eigenvalue weighted by molar-refractivity contribution is -0.121. The van der Waals surface area contributed by atoms with E-state index in [1.807, 2.05) is 6.07 Å². The zero-order valence-corrected chi connectivity index (χ0v) is 13.7. The maximum absolute atomic E-state index is 12.9. The summed E-state index contributed by atoms with van der Waals surface area (Å²) in [5, 5.41) is 8.97. The molecule has 4 amide bonds. The number of hydrogen-bond donors (Lipinski definition) is 0. The van der Waals surface area contributed by atoms with Crippen LogP contribution in [0.25, 0.3) is 0 Å². The number of aryl methyl sites for hydroxylation is 1. The quantitative estimate of drug-likeness (QED) is 0.693. The number of amides is 4. The van der Waals surface area contributed by atoms with Crippen molar-refractivity contribution >= 4 is 23.7 Å². The highest BCUT2D eigenvalue weighted by Gasteiger charge is 2.63. The molecule has 2 unspecified atom stereocenters. The molecule has 1 aromatic rings. The summed E-state index contributed by atoms with van der Waals surface area (Å²) in [5.74, 6) is -0.378. The largest absolute Gasteiger partial charge is 0.453 e. The van der Waals surface area contributed by atoms with Crippen molar-refractivity contribution < 1.29 is 19.1 Å². The summed E-state index contributed by atoms with van der Waals surface area (Å²) in [5.41, 5.74) is 1.18. The SMILES string of the molecule is COC(=O)N1CC2CC1[C@H]1C(=O)N(c3cnc(C#N)c(C)c3)C(=O)N21. The number of nitrogens with zero attached hydrogens (tertiary/aromatic N) is 5. The van der Waals surface area contributed by atoms with Crippen LogP contribution in [-0.4, -0.2) is 64.6 Å². The molecule has 0 N–H and O–H groups in total. The number of pyridine rings is 1. The van der Waals surface area contributed by atoms with Crippen molar-refractivity contribution in [3.8, 4) is 6.07 Å². The van der Waals surface area contributed by atoms with E-state index in [-0.39, 0.29) is 23.7 Å². The van der Waals surface area contributed by atoms with Gasteiger partial charge in [-0.15, -0.1) is 0 Å². The van der Waals surface area contributed by atoms with Crippen molar-refractivity contribution in [2.45, 2.75) is 31.5 Å². The number of imide groups is 1. The molecule has 3 aliphatic rings. The van der Waals surface area contributed by atoms with Gasteiger partial charge in [-0.3, -0.25) is 4.79 Å². The van der Waals surface area contributed by atoms with Crippen LogP contribution in [0.2, 0.25) is 0 Å². The van der Waals surface area contributed by atoms with Gasteiger partial charge in [0.2, 0.25) is 0 Å². The summed E-state index contributed by atoms with van der Waals surface area (Å²) in [6.45, 7) is 2.06. The molecule has 25 heavy (non-hydrogen) atoms. The van der Waals surface area contributed by atoms with E-state index in [9.17, 15) is 14.4 Å². The Hall–Kier alpha value is -3.15. The zero-order chi connectivity index (χ0) is 17.9. The van der Waals surface area contributed by atoms with E-state index < -0.39 is 18.2 Å². The Bertz CT molecular complexity index is 847. The number of urea groups is 1. The van der Waals surface area contributed by atoms with E-state index in [0.29, 0.717) is 24.2 Å². The van der Waals surface area contributed by atoms with E-state index in [1.54, 1.807) is 17.9 Å². The van der Waals surface area contributed by atoms with E-state index in [2.05, 4.69) is 4.98 Å². The van der Waals surface area contributed by atoms with Crippen molar-refractivity contribution in [3.05, 3.63) is 23.5 Å². The molecule has 3 atom stereocenters. The molecular formula is C16H15N5O4. The lowest BCUT2D eigenvalue weighted by Crippen LogP contribution is -2.54. The molecule has 9 nitrogen and oxygen atoms in total. The number of piperazine rings is 1. The predicted octanol–water partition coefficient (Wildman–Crippen LogP) is 0.622. The number of ether oxygens (including phenoxy) is 1. The second kappa shape index (κ2) is 5.17. The van der Waals surface area contributed by atoms with Gasteiger partial charge < -0.3 is 14.5 Å². The third kappa shape index (κ3) is 1.94. The van der Waals surface area contributed by atoms with Crippen LogP contribution in [0.15, 0.2) is 12.3 Å². The second-order valence-electron chi connectivity index (χ2n) is 6.36. The van der Waals surface area contributed by atoms with Crippen molar-refractivity contribution in [1.29, 1.82) is 5.26 Å². The standard InChI is InChI=1S/C16H15N5O4/c1-8-3-9(6-18-11(8)5-17)21-14(22)13-12-4-10(20(13)15(21)23)7-19(12)16(24)25-2/h3,6,10,12-13H,4,7H2,1-2H3/t10?,12?,13-/m0/s1. The highest BCUT2D eigenvalue weighted by Crippen LogP contribution is 2.42. The highest BCUT2D eigenvalue weighted by molar-refractivity contribution is 6.22. The van der Waals surface area contributed by atoms with Crippen molar-refractivity contribution in [3.63, 3.8) is 0 Å². The summed E-state index contributed by atoms with van der Waals surface area (Å²) in [6.07, 6.45) is 1.45. The zero-order valence-electron chi connectivity index (χ0n) is 13.7. The summed E-state index contributed by atoms with van der Waals surface area (Å²) < 4.78 is 4.77. The van der Waals surface area contributed by atoms with Crippen LogP contribution in [0, 0.1) is 18.3 Å². The van der Waals surface area contributed by atoms with Gasteiger partial charge in [0.15, 0.2) is 0 Å². The number of rotatable bonds is 1. The lowest BCUT2D eigenvalue weighted by Gasteiger charge is -2.33. The molecule has 3 saturated heterocycles. The van der Waals surface area contributed by atoms with E-state index >= 15 is 0 Å². The Morgan fingerprint density at radius 1 is 1.44 bits per heavy atom. The molecular weight excluding hydrogens is 326 g/mol. The molecule has 4 rings (SSSR count). The van der Waals surface area contributed by atoms with Crippen LogP contribution in [0.1, 0.15) is 17.7 Å². The van der Waals surface area contributed by atoms with E-state index in [4.69, 9.17) is 10.00 Å². The van der Waals surface area contributed by atoms with Gasteiger partial charge in [0.1, 0.15) is 17.8 Å². The number of aromatic nitrogens is 1. The Morgan fingerprint density at radius 2 is 2.20 bits per heavy atom. The number of carbonyl (C=O) groups excluding carboxylic acids is 3. The monoisotopic (exact) mass is 341 g/mol. The van der Waals surface area contributed by atoms with Crippen molar-refractivity contribution in [2.75, 3.05) is 18.6 Å². The van der Waals surface area contributed by atoms with Gasteiger partial charge in [-0.05, 0) is 25.0 Å². The van der Waals surface area contributed by atoms with Crippen molar-refractivity contribution in [1.82, 2.24) is 14.8 Å². The van der Waals surface area contributed by atoms with Crippen LogP contribution in [0.3, 0.4) is 0 Å². The number of fused-ring (bicyclic) bond motifs is 5. The first-order chi connectivity index (χ1) is 12.0. The normalized spacial score (nSPS) is 26.9. The van der Waals surface area contributed by atoms with Gasteiger partial charge in [-0.1, -0.05) is 0 Å². The maximum Gasteiger partial charge on any atom is 0.409 e. The molecule has 128 valence electrons. The van der Waals surface area contributed by atoms with Gasteiger partial charge in [0, 0.05) is 6.54 Å². The van der Waals surface area contributed by atoms with Gasteiger partial charge in [0.25, 0.3) is 5.91 Å². The number of likely N-dealkylation sites (tertiary alicyclic amines) is 1. The molecule has 0 saturated carbocycles. The molecule has 3 fully saturated rings. The number of hydrogen-bond acceptors (Lipinski definition) is 6. The van der Waals surface area contributed by atoms with Gasteiger partial charge in [0.05, 0.1) is 31.1 Å². The maximum atomic E-state index is 12.9. The van der Waals surface area contributed by atoms with Crippen LogP contribution < -0.4 is 4.90 Å². The predicted molar refractivity (Wildman–Crippen MR) is 83.5 cm³/mol. The van der Waals surface area contributed by atoms with E-state index in [1.165, 1.54) is 18.2 Å². The molecule has 3 aliphatic heterocycles. The first-order valence-electron chi connectivity index (χ1n) is 7.85. The molecule has 0 aromatic carbocycles. The fourth-order valence-electron chi connectivity index (χ4n) is 4.02. The lowest BCUT2D eigenvalue weighted by atomic mass is 10.1. The Balaban J connectivity index is 1.68. The third-order valence-corrected chi connectivity index (χ3v) is 5.10. The molecule has 4 heterocycles. The first-order valence-corrected chi connectivity index (χ1v) is 7.85. The number of anilines is 1. The molecule has 0 radical (unpaired) electrons. The average molecular weight is 341 g/mol. The summed E-state index contributed by atoms with van der Waals surface area (Å²) in [7, 11) is 1.30. The van der Waals surface area contributed by atoms with Crippen molar-refractivity contribution in [2.24, 2.45) is 0 Å². The molecule has 1 aromatic heterocycles. The molecule has 0 spiro atoms. The smallest absolute Gasteiger partial charge is 0.409 e. The Kier molecular flexibility index (Phi) is 3.18. The Morgan fingerprint density at radius 3 is 2.84 bits per heavy atom. The minimum atomic E-state index is -0.693. The fourth-order valence-corrected chi connectivity index (χ4v) is 4.02. The Labute approximate surface area is 143 Å². The molecule has 9 heteroatoms. The second-order valence-corrected chi connectivity index (χ2v) is 6.36. The molecule has 0 aliphatic carbocycles. The summed E-state index contributed by atoms with van der Waals surface area (Å²) in [6, 6.07) is 1.90. The highest BCUT2D eigenvalue weighted by atomic mass is 16.5. The van der Waals surface area contributed by atoms with Crippen LogP contribution in [0.5, 0.6) is 0 Å². The van der Waals surface area contributed by atoms with Gasteiger partial charge in [-0.25, -0.2) is 19.5 Å². The summed E-state index contributed by atoms with van der Waals surface area (Å²) >= 11 is 0. The van der Waals surface area contributed by atoms with Crippen LogP contribution in [-0.2, 0) is 9.53 Å². The van der Waals surface area contributed by atoms with Crippen LogP contribution >= 0.6 is 0 Å². The van der Waals surface area contributed by atoms with E-state index in [0.717, 1.165) is 4.90 Å². The third-order valence-electron chi connectivity index (χ3n) is 5.10. The number of nitriles is 1. The number of methoxy groups -OCH3 is 1. The first kappa shape index (κ1) is 15.4. The van der Waals surface area contributed by atoms with Crippen LogP contribution in [0.4, 0.5) is 15.3 Å². The molecule has 2 bridgehead atoms. The minimum absolute atomic E-state index is 0.192. The average Bonchev–Trinajstić information content (AvgIpc) is 3.26.